The average molecular weight is 346 g/mol. The molecule has 0 radical (unpaired) electrons. The van der Waals surface area contributed by atoms with E-state index in [-0.39, 0.29) is 0 Å². The van der Waals surface area contributed by atoms with Gasteiger partial charge >= 0.3 is 0 Å². The molecule has 1 aromatic rings. The minimum absolute atomic E-state index is 0.412. The van der Waals surface area contributed by atoms with Crippen molar-refractivity contribution in [1.82, 2.24) is 0 Å². The summed E-state index contributed by atoms with van der Waals surface area (Å²) in [6.45, 7) is 0. The number of hydrogen-bond acceptors (Lipinski definition) is 2. The zero-order chi connectivity index (χ0) is 14.7. The minimum atomic E-state index is -0.831. The van der Waals surface area contributed by atoms with Crippen LogP contribution in [-0.2, 0) is 12.8 Å². The topological polar surface area (TPSA) is 44.0 Å². The second-order valence-electron chi connectivity index (χ2n) is 7.28. The highest BCUT2D eigenvalue weighted by atomic mass is 79.9. The summed E-state index contributed by atoms with van der Waals surface area (Å²) < 4.78 is 1.10. The molecule has 21 heavy (non-hydrogen) atoms. The Hall–Kier alpha value is -0.850. The molecule has 110 valence electrons. The number of fused-ring (bicyclic) bond motifs is 3. The van der Waals surface area contributed by atoms with Gasteiger partial charge in [0.15, 0.2) is 0 Å². The Balaban J connectivity index is 1.72. The summed E-state index contributed by atoms with van der Waals surface area (Å²) in [5.41, 5.74) is 1.22. The van der Waals surface area contributed by atoms with Crippen molar-refractivity contribution < 1.29 is 5.11 Å². The predicted molar refractivity (Wildman–Crippen MR) is 84.6 cm³/mol. The molecule has 2 saturated carbocycles. The Labute approximate surface area is 134 Å². The van der Waals surface area contributed by atoms with E-state index in [0.717, 1.165) is 36.6 Å². The number of aliphatic hydroxyl groups is 1. The number of benzene rings is 1. The number of rotatable bonds is 1. The van der Waals surface area contributed by atoms with Crippen molar-refractivity contribution in [1.29, 1.82) is 5.26 Å². The molecule has 0 spiro atoms. The monoisotopic (exact) mass is 345 g/mol. The third-order valence-corrected chi connectivity index (χ3v) is 6.83. The number of aryl methyl sites for hydroxylation is 1. The van der Waals surface area contributed by atoms with Gasteiger partial charge in [-0.25, -0.2) is 0 Å². The van der Waals surface area contributed by atoms with Crippen LogP contribution in [-0.4, -0.2) is 10.7 Å². The van der Waals surface area contributed by atoms with E-state index in [2.05, 4.69) is 34.1 Å². The van der Waals surface area contributed by atoms with E-state index < -0.39 is 11.0 Å². The number of nitriles is 1. The lowest BCUT2D eigenvalue weighted by atomic mass is 9.58. The zero-order valence-corrected chi connectivity index (χ0v) is 13.7. The summed E-state index contributed by atoms with van der Waals surface area (Å²) >= 11 is 3.52. The molecule has 1 aromatic carbocycles. The molecule has 2 fully saturated rings. The van der Waals surface area contributed by atoms with Crippen LogP contribution in [0.3, 0.4) is 0 Å². The molecule has 4 atom stereocenters. The number of hydrogen-bond donors (Lipinski definition) is 1. The summed E-state index contributed by atoms with van der Waals surface area (Å²) in [6, 6.07) is 8.92. The van der Waals surface area contributed by atoms with Crippen molar-refractivity contribution in [3.63, 3.8) is 0 Å². The first-order valence-corrected chi connectivity index (χ1v) is 8.76. The Morgan fingerprint density at radius 3 is 2.81 bits per heavy atom. The van der Waals surface area contributed by atoms with Gasteiger partial charge < -0.3 is 5.11 Å². The Bertz CT molecular complexity index is 637. The quantitative estimate of drug-likeness (QED) is 0.835. The van der Waals surface area contributed by atoms with Crippen LogP contribution in [0.1, 0.15) is 43.2 Å². The highest BCUT2D eigenvalue weighted by molar-refractivity contribution is 9.10. The maximum absolute atomic E-state index is 11.4. The lowest BCUT2D eigenvalue weighted by Gasteiger charge is -2.48. The summed E-state index contributed by atoms with van der Waals surface area (Å²) in [7, 11) is 0. The van der Waals surface area contributed by atoms with Gasteiger partial charge in [-0.15, -0.1) is 0 Å². The molecule has 2 nitrogen and oxygen atoms in total. The minimum Gasteiger partial charge on any atom is -0.388 e. The molecular weight excluding hydrogens is 326 g/mol. The highest BCUT2D eigenvalue weighted by Crippen LogP contribution is 2.62. The lowest BCUT2D eigenvalue weighted by Crippen LogP contribution is -2.54. The van der Waals surface area contributed by atoms with Crippen LogP contribution in [0.2, 0.25) is 0 Å². The molecule has 0 aliphatic heterocycles. The Kier molecular flexibility index (Phi) is 3.00. The van der Waals surface area contributed by atoms with Gasteiger partial charge in [0.25, 0.3) is 0 Å². The van der Waals surface area contributed by atoms with E-state index in [0.29, 0.717) is 18.3 Å². The van der Waals surface area contributed by atoms with Crippen LogP contribution in [0.4, 0.5) is 0 Å². The maximum Gasteiger partial charge on any atom is 0.0894 e. The van der Waals surface area contributed by atoms with Crippen LogP contribution in [0, 0.1) is 28.6 Å². The van der Waals surface area contributed by atoms with Crippen LogP contribution >= 0.6 is 15.9 Å². The first-order valence-electron chi connectivity index (χ1n) is 7.97. The van der Waals surface area contributed by atoms with Crippen LogP contribution < -0.4 is 0 Å². The van der Waals surface area contributed by atoms with Gasteiger partial charge in [-0.3, -0.25) is 0 Å². The molecule has 3 aliphatic rings. The zero-order valence-electron chi connectivity index (χ0n) is 12.1. The first kappa shape index (κ1) is 13.8. The van der Waals surface area contributed by atoms with E-state index in [4.69, 9.17) is 0 Å². The van der Waals surface area contributed by atoms with Crippen molar-refractivity contribution in [2.24, 2.45) is 17.3 Å². The molecule has 0 heterocycles. The number of nitrogens with zero attached hydrogens (tertiary/aromatic N) is 1. The molecule has 3 heteroatoms. The van der Waals surface area contributed by atoms with Crippen LogP contribution in [0.15, 0.2) is 22.7 Å². The van der Waals surface area contributed by atoms with Gasteiger partial charge in [-0.05, 0) is 67.2 Å². The van der Waals surface area contributed by atoms with Crippen molar-refractivity contribution in [3.05, 3.63) is 33.8 Å². The normalized spacial score (nSPS) is 40.8. The maximum atomic E-state index is 11.4. The molecule has 4 rings (SSSR count). The second kappa shape index (κ2) is 4.57. The molecule has 0 amide bonds. The van der Waals surface area contributed by atoms with E-state index in [1.54, 1.807) is 0 Å². The van der Waals surface area contributed by atoms with Gasteiger partial charge in [-0.2, -0.15) is 5.26 Å². The Morgan fingerprint density at radius 2 is 2.14 bits per heavy atom. The van der Waals surface area contributed by atoms with Crippen molar-refractivity contribution in [2.45, 2.75) is 50.5 Å². The summed E-state index contributed by atoms with van der Waals surface area (Å²) in [4.78, 5) is 0. The molecule has 0 aromatic heterocycles. The van der Waals surface area contributed by atoms with Crippen LogP contribution in [0.5, 0.6) is 0 Å². The fourth-order valence-electron chi connectivity index (χ4n) is 5.27. The largest absolute Gasteiger partial charge is 0.388 e. The Morgan fingerprint density at radius 1 is 1.29 bits per heavy atom. The fourth-order valence-corrected chi connectivity index (χ4v) is 5.67. The highest BCUT2D eigenvalue weighted by Gasteiger charge is 2.62. The molecule has 0 saturated heterocycles. The van der Waals surface area contributed by atoms with Crippen molar-refractivity contribution in [3.8, 4) is 6.07 Å². The van der Waals surface area contributed by atoms with Gasteiger partial charge in [0, 0.05) is 10.9 Å². The lowest BCUT2D eigenvalue weighted by molar-refractivity contribution is -0.0910. The van der Waals surface area contributed by atoms with E-state index in [9.17, 15) is 10.4 Å². The van der Waals surface area contributed by atoms with Gasteiger partial charge in [0.1, 0.15) is 0 Å². The predicted octanol–water partition coefficient (Wildman–Crippen LogP) is 4.00. The molecule has 4 unspecified atom stereocenters. The van der Waals surface area contributed by atoms with Gasteiger partial charge in [0.05, 0.1) is 17.1 Å². The van der Waals surface area contributed by atoms with E-state index in [1.165, 1.54) is 17.5 Å². The molecule has 2 bridgehead atoms. The third-order valence-electron chi connectivity index (χ3n) is 6.34. The fraction of sp³-hybridized carbons (Fsp3) is 0.611. The SMILES string of the molecule is N#CC1(C2(O)CCc3cc(Br)ccc3C2)CC2CCC1C2. The van der Waals surface area contributed by atoms with Crippen molar-refractivity contribution in [2.75, 3.05) is 0 Å². The second-order valence-corrected chi connectivity index (χ2v) is 8.20. The van der Waals surface area contributed by atoms with Crippen molar-refractivity contribution >= 4 is 15.9 Å². The summed E-state index contributed by atoms with van der Waals surface area (Å²) in [5, 5.41) is 21.4. The average Bonchev–Trinajstić information content (AvgIpc) is 3.09. The van der Waals surface area contributed by atoms with Crippen LogP contribution in [0.25, 0.3) is 0 Å². The molecule has 1 N–H and O–H groups in total. The molecule has 3 aliphatic carbocycles. The summed E-state index contributed by atoms with van der Waals surface area (Å²) in [5.74, 6) is 1.08. The standard InChI is InChI=1S/C18H20BrNO/c19-16-4-2-14-10-18(21,6-5-13(14)8-16)17(11-20)9-12-1-3-15(17)7-12/h2,4,8,12,15,21H,1,3,5-7,9-10H2. The van der Waals surface area contributed by atoms with Gasteiger partial charge in [-0.1, -0.05) is 28.4 Å². The van der Waals surface area contributed by atoms with Gasteiger partial charge in [0.2, 0.25) is 0 Å². The first-order chi connectivity index (χ1) is 10.1. The van der Waals surface area contributed by atoms with E-state index >= 15 is 0 Å². The van der Waals surface area contributed by atoms with E-state index in [1.807, 2.05) is 6.07 Å². The molecular formula is C18H20BrNO. The third kappa shape index (κ3) is 1.85. The smallest absolute Gasteiger partial charge is 0.0894 e. The number of halogens is 1. The summed E-state index contributed by atoms with van der Waals surface area (Å²) in [6.07, 6.45) is 6.72.